The molecule has 0 spiro atoms. The van der Waals surface area contributed by atoms with Crippen LogP contribution >= 0.6 is 0 Å². The molecule has 21 heavy (non-hydrogen) atoms. The van der Waals surface area contributed by atoms with Crippen LogP contribution in [0.2, 0.25) is 0 Å². The Morgan fingerprint density at radius 3 is 2.52 bits per heavy atom. The summed E-state index contributed by atoms with van der Waals surface area (Å²) in [5, 5.41) is 22.9. The van der Waals surface area contributed by atoms with Gasteiger partial charge in [-0.05, 0) is 25.3 Å². The maximum absolute atomic E-state index is 10.0. The minimum Gasteiger partial charge on any atom is -0.394 e. The molecular formula is C17H27NO3. The molecule has 1 aromatic carbocycles. The fraction of sp³-hybridized carbons (Fsp3) is 0.647. The summed E-state index contributed by atoms with van der Waals surface area (Å²) in [7, 11) is 0. The van der Waals surface area contributed by atoms with Crippen LogP contribution in [0.1, 0.15) is 44.3 Å². The van der Waals surface area contributed by atoms with Crippen LogP contribution in [0.3, 0.4) is 0 Å². The molecule has 1 saturated carbocycles. The molecule has 1 aliphatic carbocycles. The Hall–Kier alpha value is -0.940. The van der Waals surface area contributed by atoms with E-state index in [-0.39, 0.29) is 18.2 Å². The smallest absolute Gasteiger partial charge is 0.0898 e. The number of benzene rings is 1. The Bertz CT molecular complexity index is 404. The molecular weight excluding hydrogens is 266 g/mol. The van der Waals surface area contributed by atoms with Gasteiger partial charge in [-0.1, -0.05) is 43.2 Å². The largest absolute Gasteiger partial charge is 0.394 e. The highest BCUT2D eigenvalue weighted by Gasteiger charge is 2.32. The van der Waals surface area contributed by atoms with E-state index in [0.717, 1.165) is 31.2 Å². The Kier molecular flexibility index (Phi) is 6.18. The van der Waals surface area contributed by atoms with Crippen molar-refractivity contribution in [2.24, 2.45) is 0 Å². The fourth-order valence-electron chi connectivity index (χ4n) is 2.91. The zero-order chi connectivity index (χ0) is 15.1. The van der Waals surface area contributed by atoms with Crippen molar-refractivity contribution in [1.82, 2.24) is 5.32 Å². The third kappa shape index (κ3) is 4.78. The van der Waals surface area contributed by atoms with Gasteiger partial charge in [-0.3, -0.25) is 0 Å². The first kappa shape index (κ1) is 16.4. The van der Waals surface area contributed by atoms with Gasteiger partial charge in [0.05, 0.1) is 25.4 Å². The van der Waals surface area contributed by atoms with Crippen LogP contribution in [-0.2, 0) is 4.74 Å². The summed E-state index contributed by atoms with van der Waals surface area (Å²) in [5.74, 6) is 0. The molecule has 0 aliphatic heterocycles. The molecule has 2 rings (SSSR count). The van der Waals surface area contributed by atoms with Crippen LogP contribution in [0.15, 0.2) is 30.3 Å². The molecule has 4 nitrogen and oxygen atoms in total. The lowest BCUT2D eigenvalue weighted by molar-refractivity contribution is -0.00629. The average Bonchev–Trinajstić information content (AvgIpc) is 3.01. The lowest BCUT2D eigenvalue weighted by atomic mass is 9.99. The summed E-state index contributed by atoms with van der Waals surface area (Å²) in [5.41, 5.74) is 0.923. The quantitative estimate of drug-likeness (QED) is 0.686. The lowest BCUT2D eigenvalue weighted by Gasteiger charge is -2.29. The van der Waals surface area contributed by atoms with Crippen LogP contribution in [0.25, 0.3) is 0 Å². The summed E-state index contributed by atoms with van der Waals surface area (Å²) >= 11 is 0. The molecule has 0 saturated heterocycles. The van der Waals surface area contributed by atoms with Gasteiger partial charge in [-0.15, -0.1) is 0 Å². The monoisotopic (exact) mass is 293 g/mol. The van der Waals surface area contributed by atoms with Gasteiger partial charge >= 0.3 is 0 Å². The molecule has 1 aromatic rings. The van der Waals surface area contributed by atoms with Gasteiger partial charge in [-0.25, -0.2) is 0 Å². The van der Waals surface area contributed by atoms with E-state index in [1.807, 2.05) is 37.3 Å². The van der Waals surface area contributed by atoms with Gasteiger partial charge in [0.15, 0.2) is 0 Å². The third-order valence-corrected chi connectivity index (χ3v) is 4.38. The van der Waals surface area contributed by atoms with Gasteiger partial charge in [0.1, 0.15) is 0 Å². The fourth-order valence-corrected chi connectivity index (χ4v) is 2.91. The number of ether oxygens (including phenoxy) is 1. The molecule has 0 radical (unpaired) electrons. The molecule has 3 N–H and O–H groups in total. The van der Waals surface area contributed by atoms with Crippen LogP contribution in [0.5, 0.6) is 0 Å². The second kappa shape index (κ2) is 7.90. The van der Waals surface area contributed by atoms with Gasteiger partial charge in [0.2, 0.25) is 0 Å². The Morgan fingerprint density at radius 1 is 1.24 bits per heavy atom. The van der Waals surface area contributed by atoms with Crippen molar-refractivity contribution in [3.8, 4) is 0 Å². The van der Waals surface area contributed by atoms with Crippen molar-refractivity contribution in [3.05, 3.63) is 35.9 Å². The maximum atomic E-state index is 10.0. The molecule has 1 fully saturated rings. The SMILES string of the molecule is CC(OCC(O)CNC1(CO)CCCC1)c1ccccc1. The zero-order valence-electron chi connectivity index (χ0n) is 12.8. The highest BCUT2D eigenvalue weighted by Crippen LogP contribution is 2.29. The molecule has 2 atom stereocenters. The number of nitrogens with one attached hydrogen (secondary N) is 1. The summed E-state index contributed by atoms with van der Waals surface area (Å²) in [4.78, 5) is 0. The van der Waals surface area contributed by atoms with E-state index in [1.54, 1.807) is 0 Å². The van der Waals surface area contributed by atoms with Gasteiger partial charge in [0, 0.05) is 12.1 Å². The van der Waals surface area contributed by atoms with Crippen LogP contribution in [0.4, 0.5) is 0 Å². The molecule has 0 aromatic heterocycles. The predicted molar refractivity (Wildman–Crippen MR) is 83.1 cm³/mol. The summed E-state index contributed by atoms with van der Waals surface area (Å²) < 4.78 is 5.72. The number of hydrogen-bond donors (Lipinski definition) is 3. The van der Waals surface area contributed by atoms with E-state index < -0.39 is 6.10 Å². The Morgan fingerprint density at radius 2 is 1.90 bits per heavy atom. The highest BCUT2D eigenvalue weighted by molar-refractivity contribution is 5.16. The van der Waals surface area contributed by atoms with E-state index >= 15 is 0 Å². The van der Waals surface area contributed by atoms with E-state index in [1.165, 1.54) is 0 Å². The van der Waals surface area contributed by atoms with Crippen molar-refractivity contribution in [1.29, 1.82) is 0 Å². The van der Waals surface area contributed by atoms with Crippen LogP contribution < -0.4 is 5.32 Å². The summed E-state index contributed by atoms with van der Waals surface area (Å²) in [6.45, 7) is 2.88. The van der Waals surface area contributed by atoms with Crippen molar-refractivity contribution < 1.29 is 14.9 Å². The first-order valence-electron chi connectivity index (χ1n) is 7.86. The Balaban J connectivity index is 1.71. The van der Waals surface area contributed by atoms with E-state index in [4.69, 9.17) is 4.74 Å². The van der Waals surface area contributed by atoms with Crippen molar-refractivity contribution >= 4 is 0 Å². The number of aliphatic hydroxyl groups is 2. The molecule has 118 valence electrons. The van der Waals surface area contributed by atoms with Crippen molar-refractivity contribution in [2.75, 3.05) is 19.8 Å². The average molecular weight is 293 g/mol. The second-order valence-electron chi connectivity index (χ2n) is 6.07. The topological polar surface area (TPSA) is 61.7 Å². The molecule has 0 amide bonds. The minimum atomic E-state index is -0.555. The second-order valence-corrected chi connectivity index (χ2v) is 6.07. The standard InChI is InChI=1S/C17H27NO3/c1-14(15-7-3-2-4-8-15)21-12-16(20)11-18-17(13-19)9-5-6-10-17/h2-4,7-8,14,16,18-20H,5-6,9-13H2,1H3. The van der Waals surface area contributed by atoms with Crippen LogP contribution in [0, 0.1) is 0 Å². The first-order valence-corrected chi connectivity index (χ1v) is 7.86. The number of β-amino-alcohol motifs (C(OH)–C–C–N with tert-alkyl or cyclic N) is 1. The van der Waals surface area contributed by atoms with Crippen molar-refractivity contribution in [2.45, 2.75) is 50.4 Å². The Labute approximate surface area is 127 Å². The normalized spacial score (nSPS) is 20.3. The highest BCUT2D eigenvalue weighted by atomic mass is 16.5. The van der Waals surface area contributed by atoms with E-state index in [9.17, 15) is 10.2 Å². The van der Waals surface area contributed by atoms with Gasteiger partial charge < -0.3 is 20.3 Å². The summed E-state index contributed by atoms with van der Waals surface area (Å²) in [6, 6.07) is 9.99. The number of rotatable bonds is 8. The predicted octanol–water partition coefficient (Wildman–Crippen LogP) is 2.02. The van der Waals surface area contributed by atoms with Gasteiger partial charge in [-0.2, -0.15) is 0 Å². The summed E-state index contributed by atoms with van der Waals surface area (Å²) in [6.07, 6.45) is 3.67. The van der Waals surface area contributed by atoms with Crippen LogP contribution in [-0.4, -0.2) is 41.6 Å². The number of hydrogen-bond acceptors (Lipinski definition) is 4. The lowest BCUT2D eigenvalue weighted by Crippen LogP contribution is -2.49. The van der Waals surface area contributed by atoms with Gasteiger partial charge in [0.25, 0.3) is 0 Å². The molecule has 0 bridgehead atoms. The maximum Gasteiger partial charge on any atom is 0.0898 e. The first-order chi connectivity index (χ1) is 10.2. The number of aliphatic hydroxyl groups excluding tert-OH is 2. The third-order valence-electron chi connectivity index (χ3n) is 4.38. The zero-order valence-corrected chi connectivity index (χ0v) is 12.8. The van der Waals surface area contributed by atoms with E-state index in [2.05, 4.69) is 5.32 Å². The molecule has 0 heterocycles. The molecule has 4 heteroatoms. The van der Waals surface area contributed by atoms with Crippen molar-refractivity contribution in [3.63, 3.8) is 0 Å². The minimum absolute atomic E-state index is 0.0286. The molecule has 1 aliphatic rings. The van der Waals surface area contributed by atoms with E-state index in [0.29, 0.717) is 13.2 Å². The molecule has 2 unspecified atom stereocenters.